The molecule has 1 amide bonds. The van der Waals surface area contributed by atoms with Crippen molar-refractivity contribution in [2.45, 2.75) is 39.7 Å². The molecule has 0 rings (SSSR count). The summed E-state index contributed by atoms with van der Waals surface area (Å²) in [4.78, 5) is 13.6. The number of thiocarbonyl (C=S) groups is 1. The smallest absolute Gasteiger partial charge is 0.410 e. The molecule has 4 nitrogen and oxygen atoms in total. The van der Waals surface area contributed by atoms with Crippen molar-refractivity contribution in [3.05, 3.63) is 0 Å². The van der Waals surface area contributed by atoms with Gasteiger partial charge in [-0.3, -0.25) is 0 Å². The largest absolute Gasteiger partial charge is 0.444 e. The quantitative estimate of drug-likeness (QED) is 0.772. The molecule has 0 saturated heterocycles. The first kappa shape index (κ1) is 15.2. The van der Waals surface area contributed by atoms with Crippen molar-refractivity contribution in [3.63, 3.8) is 0 Å². The average molecular weight is 246 g/mol. The monoisotopic (exact) mass is 246 g/mol. The van der Waals surface area contributed by atoms with Crippen LogP contribution in [0.4, 0.5) is 4.79 Å². The average Bonchev–Trinajstić information content (AvgIpc) is 2.10. The molecule has 0 aromatic rings. The zero-order valence-electron chi connectivity index (χ0n) is 10.7. The van der Waals surface area contributed by atoms with Gasteiger partial charge in [0.25, 0.3) is 0 Å². The normalized spacial score (nSPS) is 13.1. The summed E-state index contributed by atoms with van der Waals surface area (Å²) in [7, 11) is 1.69. The summed E-state index contributed by atoms with van der Waals surface area (Å²) in [6.45, 7) is 8.00. The fourth-order valence-corrected chi connectivity index (χ4v) is 1.41. The second kappa shape index (κ2) is 6.03. The molecule has 0 bridgehead atoms. The maximum absolute atomic E-state index is 11.7. The van der Waals surface area contributed by atoms with Crippen molar-refractivity contribution in [1.29, 1.82) is 0 Å². The van der Waals surface area contributed by atoms with Crippen LogP contribution in [0.15, 0.2) is 0 Å². The molecule has 0 spiro atoms. The third-order valence-corrected chi connectivity index (χ3v) is 2.43. The minimum atomic E-state index is -0.476. The van der Waals surface area contributed by atoms with Crippen molar-refractivity contribution in [2.75, 3.05) is 13.6 Å². The van der Waals surface area contributed by atoms with Gasteiger partial charge in [-0.05, 0) is 27.2 Å². The van der Waals surface area contributed by atoms with Gasteiger partial charge in [0, 0.05) is 19.5 Å². The SMILES string of the molecule is CCC(CN(C)C(=O)OC(C)(C)C)C(N)=S. The standard InChI is InChI=1S/C11H22N2O2S/c1-6-8(9(12)16)7-13(5)10(14)15-11(2,3)4/h8H,6-7H2,1-5H3,(H2,12,16). The molecule has 0 heterocycles. The summed E-state index contributed by atoms with van der Waals surface area (Å²) >= 11 is 4.93. The van der Waals surface area contributed by atoms with Crippen LogP contribution < -0.4 is 5.73 Å². The van der Waals surface area contributed by atoms with Gasteiger partial charge in [0.05, 0.1) is 4.99 Å². The number of nitrogens with zero attached hydrogens (tertiary/aromatic N) is 1. The van der Waals surface area contributed by atoms with Crippen LogP contribution in [0, 0.1) is 5.92 Å². The van der Waals surface area contributed by atoms with E-state index in [0.29, 0.717) is 11.5 Å². The Morgan fingerprint density at radius 1 is 1.50 bits per heavy atom. The molecule has 0 aliphatic heterocycles. The van der Waals surface area contributed by atoms with Crippen molar-refractivity contribution in [2.24, 2.45) is 11.7 Å². The zero-order chi connectivity index (χ0) is 12.9. The molecule has 5 heteroatoms. The molecule has 0 fully saturated rings. The first-order chi connectivity index (χ1) is 7.17. The number of ether oxygens (including phenoxy) is 1. The lowest BCUT2D eigenvalue weighted by Crippen LogP contribution is -2.39. The Labute approximate surface area is 103 Å². The Bertz CT molecular complexity index is 261. The van der Waals surface area contributed by atoms with E-state index in [1.54, 1.807) is 7.05 Å². The summed E-state index contributed by atoms with van der Waals surface area (Å²) in [5, 5.41) is 0. The third-order valence-electron chi connectivity index (χ3n) is 2.09. The van der Waals surface area contributed by atoms with Crippen LogP contribution in [0.5, 0.6) is 0 Å². The first-order valence-corrected chi connectivity index (χ1v) is 5.81. The third kappa shape index (κ3) is 5.90. The van der Waals surface area contributed by atoms with Crippen molar-refractivity contribution < 1.29 is 9.53 Å². The molecule has 1 unspecified atom stereocenters. The molecule has 0 saturated carbocycles. The molecule has 0 aliphatic rings. The van der Waals surface area contributed by atoms with Crippen LogP contribution in [0.2, 0.25) is 0 Å². The number of nitrogens with two attached hydrogens (primary N) is 1. The van der Waals surface area contributed by atoms with Crippen molar-refractivity contribution in [3.8, 4) is 0 Å². The van der Waals surface area contributed by atoms with Gasteiger partial charge >= 0.3 is 6.09 Å². The van der Waals surface area contributed by atoms with Crippen LogP contribution in [0.3, 0.4) is 0 Å². The van der Waals surface area contributed by atoms with Crippen LogP contribution in [0.1, 0.15) is 34.1 Å². The highest BCUT2D eigenvalue weighted by Gasteiger charge is 2.22. The lowest BCUT2D eigenvalue weighted by atomic mass is 10.1. The number of carbonyl (C=O) groups excluding carboxylic acids is 1. The number of amides is 1. The molecular weight excluding hydrogens is 224 g/mol. The Hall–Kier alpha value is -0.840. The summed E-state index contributed by atoms with van der Waals surface area (Å²) in [6.07, 6.45) is 0.477. The highest BCUT2D eigenvalue weighted by Crippen LogP contribution is 2.11. The predicted molar refractivity (Wildman–Crippen MR) is 69.4 cm³/mol. The fourth-order valence-electron chi connectivity index (χ4n) is 1.17. The molecule has 16 heavy (non-hydrogen) atoms. The van der Waals surface area contributed by atoms with Crippen LogP contribution in [-0.2, 0) is 4.74 Å². The summed E-state index contributed by atoms with van der Waals surface area (Å²) < 4.78 is 5.23. The molecular formula is C11H22N2O2S. The Morgan fingerprint density at radius 3 is 2.31 bits per heavy atom. The Kier molecular flexibility index (Phi) is 5.72. The van der Waals surface area contributed by atoms with Crippen molar-refractivity contribution >= 4 is 23.3 Å². The summed E-state index contributed by atoms with van der Waals surface area (Å²) in [6, 6.07) is 0. The minimum Gasteiger partial charge on any atom is -0.444 e. The van der Waals surface area contributed by atoms with Crippen LogP contribution in [0.25, 0.3) is 0 Å². The van der Waals surface area contributed by atoms with Gasteiger partial charge in [-0.15, -0.1) is 0 Å². The van der Waals surface area contributed by atoms with E-state index in [0.717, 1.165) is 6.42 Å². The number of hydrogen-bond donors (Lipinski definition) is 1. The molecule has 94 valence electrons. The van der Waals surface area contributed by atoms with Gasteiger partial charge < -0.3 is 15.4 Å². The second-order valence-corrected chi connectivity index (χ2v) is 5.34. The first-order valence-electron chi connectivity index (χ1n) is 5.40. The molecule has 0 radical (unpaired) electrons. The lowest BCUT2D eigenvalue weighted by Gasteiger charge is -2.26. The van der Waals surface area contributed by atoms with E-state index in [2.05, 4.69) is 0 Å². The molecule has 0 aliphatic carbocycles. The van der Waals surface area contributed by atoms with Crippen LogP contribution >= 0.6 is 12.2 Å². The Morgan fingerprint density at radius 2 is 2.00 bits per heavy atom. The summed E-state index contributed by atoms with van der Waals surface area (Å²) in [5.41, 5.74) is 5.10. The van der Waals surface area contributed by atoms with E-state index < -0.39 is 5.60 Å². The van der Waals surface area contributed by atoms with E-state index in [4.69, 9.17) is 22.7 Å². The number of hydrogen-bond acceptors (Lipinski definition) is 3. The van der Waals surface area contributed by atoms with Crippen molar-refractivity contribution in [1.82, 2.24) is 4.90 Å². The summed E-state index contributed by atoms with van der Waals surface area (Å²) in [5.74, 6) is 0.0486. The molecule has 0 aromatic carbocycles. The van der Waals surface area contributed by atoms with Crippen LogP contribution in [-0.4, -0.2) is 35.2 Å². The fraction of sp³-hybridized carbons (Fsp3) is 0.818. The van der Waals surface area contributed by atoms with E-state index in [9.17, 15) is 4.79 Å². The highest BCUT2D eigenvalue weighted by atomic mass is 32.1. The van der Waals surface area contributed by atoms with Gasteiger partial charge in [-0.2, -0.15) is 0 Å². The van der Waals surface area contributed by atoms with Gasteiger partial charge in [0.2, 0.25) is 0 Å². The Balaban J connectivity index is 4.29. The van der Waals surface area contributed by atoms with Gasteiger partial charge in [-0.25, -0.2) is 4.79 Å². The predicted octanol–water partition coefficient (Wildman–Crippen LogP) is 2.17. The molecule has 2 N–H and O–H groups in total. The highest BCUT2D eigenvalue weighted by molar-refractivity contribution is 7.80. The topological polar surface area (TPSA) is 55.6 Å². The maximum Gasteiger partial charge on any atom is 0.410 e. The zero-order valence-corrected chi connectivity index (χ0v) is 11.6. The maximum atomic E-state index is 11.7. The minimum absolute atomic E-state index is 0.0486. The number of rotatable bonds is 4. The number of carbonyl (C=O) groups is 1. The van der Waals surface area contributed by atoms with Gasteiger partial charge in [0.1, 0.15) is 5.60 Å². The van der Waals surface area contributed by atoms with E-state index >= 15 is 0 Å². The second-order valence-electron chi connectivity index (χ2n) is 4.87. The van der Waals surface area contributed by atoms with Gasteiger partial charge in [0.15, 0.2) is 0 Å². The van der Waals surface area contributed by atoms with E-state index in [-0.39, 0.29) is 12.0 Å². The molecule has 1 atom stereocenters. The lowest BCUT2D eigenvalue weighted by molar-refractivity contribution is 0.0286. The van der Waals surface area contributed by atoms with Gasteiger partial charge in [-0.1, -0.05) is 19.1 Å². The molecule has 0 aromatic heterocycles. The van der Waals surface area contributed by atoms with E-state index in [1.807, 2.05) is 27.7 Å². The van der Waals surface area contributed by atoms with E-state index in [1.165, 1.54) is 4.90 Å².